The quantitative estimate of drug-likeness (QED) is 0.344. The summed E-state index contributed by atoms with van der Waals surface area (Å²) in [6.45, 7) is 6.20. The maximum absolute atomic E-state index is 12.4. The molecule has 1 heterocycles. The summed E-state index contributed by atoms with van der Waals surface area (Å²) < 4.78 is 2.93. The van der Waals surface area contributed by atoms with Crippen molar-refractivity contribution in [2.75, 3.05) is 11.1 Å². The lowest BCUT2D eigenvalue weighted by Crippen LogP contribution is -2.24. The van der Waals surface area contributed by atoms with Gasteiger partial charge in [0.15, 0.2) is 11.0 Å². The number of aryl methyl sites for hydroxylation is 3. The second-order valence-electron chi connectivity index (χ2n) is 7.26. The van der Waals surface area contributed by atoms with Crippen LogP contribution in [0.5, 0.6) is 0 Å². The molecular formula is C22H24IN5O2S. The first-order valence-electron chi connectivity index (χ1n) is 9.67. The van der Waals surface area contributed by atoms with E-state index in [9.17, 15) is 9.59 Å². The van der Waals surface area contributed by atoms with Gasteiger partial charge in [-0.15, -0.1) is 10.2 Å². The molecule has 162 valence electrons. The van der Waals surface area contributed by atoms with Crippen LogP contribution in [0.1, 0.15) is 32.9 Å². The van der Waals surface area contributed by atoms with Crippen molar-refractivity contribution < 1.29 is 9.59 Å². The number of carbonyl (C=O) groups excluding carboxylic acids is 2. The van der Waals surface area contributed by atoms with Crippen LogP contribution in [0.25, 0.3) is 0 Å². The average Bonchev–Trinajstić information content (AvgIpc) is 3.07. The molecule has 3 rings (SSSR count). The molecule has 0 spiro atoms. The number of carbonyl (C=O) groups is 2. The first-order chi connectivity index (χ1) is 14.7. The summed E-state index contributed by atoms with van der Waals surface area (Å²) >= 11 is 3.57. The van der Waals surface area contributed by atoms with E-state index in [-0.39, 0.29) is 24.1 Å². The highest BCUT2D eigenvalue weighted by molar-refractivity contribution is 14.1. The second kappa shape index (κ2) is 10.3. The Morgan fingerprint density at radius 2 is 1.71 bits per heavy atom. The highest BCUT2D eigenvalue weighted by Gasteiger charge is 2.14. The molecule has 9 heteroatoms. The second-order valence-corrected chi connectivity index (χ2v) is 9.45. The Bertz CT molecular complexity index is 1090. The number of halogens is 1. The standard InChI is InChI=1S/C22H24IN5O2S/c1-13-5-7-16(8-6-13)21(30)24-11-18-26-27-22(28(18)4)31-12-19(29)25-20-14(2)9-17(23)10-15(20)3/h5-10H,11-12H2,1-4H3,(H,24,30)(H,25,29). The van der Waals surface area contributed by atoms with E-state index in [0.29, 0.717) is 16.5 Å². The minimum Gasteiger partial charge on any atom is -0.345 e. The number of rotatable bonds is 7. The fourth-order valence-electron chi connectivity index (χ4n) is 3.00. The molecule has 0 aliphatic rings. The molecule has 0 bridgehead atoms. The summed E-state index contributed by atoms with van der Waals surface area (Å²) in [6.07, 6.45) is 0. The highest BCUT2D eigenvalue weighted by atomic mass is 127. The molecule has 2 N–H and O–H groups in total. The van der Waals surface area contributed by atoms with Gasteiger partial charge in [0, 0.05) is 21.9 Å². The van der Waals surface area contributed by atoms with E-state index >= 15 is 0 Å². The molecule has 0 aliphatic heterocycles. The molecule has 3 aromatic rings. The SMILES string of the molecule is Cc1ccc(C(=O)NCc2nnc(SCC(=O)Nc3c(C)cc(I)cc3C)n2C)cc1. The van der Waals surface area contributed by atoms with Crippen LogP contribution in [0.15, 0.2) is 41.6 Å². The molecule has 0 fully saturated rings. The molecule has 0 aliphatic carbocycles. The summed E-state index contributed by atoms with van der Waals surface area (Å²) in [6, 6.07) is 11.5. The predicted molar refractivity (Wildman–Crippen MR) is 131 cm³/mol. The molecule has 0 unspecified atom stereocenters. The van der Waals surface area contributed by atoms with Crippen LogP contribution < -0.4 is 10.6 Å². The van der Waals surface area contributed by atoms with Gasteiger partial charge in [-0.05, 0) is 78.8 Å². The number of hydrogen-bond donors (Lipinski definition) is 2. The highest BCUT2D eigenvalue weighted by Crippen LogP contribution is 2.24. The Labute approximate surface area is 199 Å². The van der Waals surface area contributed by atoms with Gasteiger partial charge < -0.3 is 15.2 Å². The monoisotopic (exact) mass is 549 g/mol. The van der Waals surface area contributed by atoms with Crippen LogP contribution in [0, 0.1) is 24.3 Å². The van der Waals surface area contributed by atoms with Gasteiger partial charge in [-0.1, -0.05) is 29.5 Å². The number of anilines is 1. The van der Waals surface area contributed by atoms with E-state index < -0.39 is 0 Å². The summed E-state index contributed by atoms with van der Waals surface area (Å²) in [5, 5.41) is 14.7. The van der Waals surface area contributed by atoms with Crippen molar-refractivity contribution in [3.05, 3.63) is 68.0 Å². The van der Waals surface area contributed by atoms with E-state index in [1.54, 1.807) is 16.7 Å². The van der Waals surface area contributed by atoms with E-state index in [2.05, 4.69) is 43.4 Å². The van der Waals surface area contributed by atoms with Crippen LogP contribution in [0.2, 0.25) is 0 Å². The van der Waals surface area contributed by atoms with Crippen LogP contribution in [-0.2, 0) is 18.4 Å². The van der Waals surface area contributed by atoms with E-state index in [4.69, 9.17) is 0 Å². The molecule has 2 amide bonds. The molecule has 0 atom stereocenters. The zero-order valence-corrected chi connectivity index (χ0v) is 20.8. The fraction of sp³-hybridized carbons (Fsp3) is 0.273. The van der Waals surface area contributed by atoms with Gasteiger partial charge in [-0.3, -0.25) is 9.59 Å². The maximum Gasteiger partial charge on any atom is 0.251 e. The van der Waals surface area contributed by atoms with Gasteiger partial charge in [-0.25, -0.2) is 0 Å². The first kappa shape index (κ1) is 23.3. The average molecular weight is 549 g/mol. The zero-order valence-electron chi connectivity index (χ0n) is 17.8. The summed E-state index contributed by atoms with van der Waals surface area (Å²) in [5.41, 5.74) is 4.62. The van der Waals surface area contributed by atoms with Crippen molar-refractivity contribution in [2.24, 2.45) is 7.05 Å². The number of hydrogen-bond acceptors (Lipinski definition) is 5. The van der Waals surface area contributed by atoms with E-state index in [1.807, 2.05) is 52.1 Å². The van der Waals surface area contributed by atoms with Crippen molar-refractivity contribution in [2.45, 2.75) is 32.5 Å². The zero-order chi connectivity index (χ0) is 22.5. The summed E-state index contributed by atoms with van der Waals surface area (Å²) in [4.78, 5) is 24.7. The molecule has 0 saturated carbocycles. The number of benzene rings is 2. The third kappa shape index (κ3) is 6.07. The molecule has 0 saturated heterocycles. The molecule has 0 radical (unpaired) electrons. The minimum atomic E-state index is -0.167. The summed E-state index contributed by atoms with van der Waals surface area (Å²) in [7, 11) is 1.82. The topological polar surface area (TPSA) is 88.9 Å². The van der Waals surface area contributed by atoms with Crippen molar-refractivity contribution in [1.82, 2.24) is 20.1 Å². The Morgan fingerprint density at radius 3 is 2.35 bits per heavy atom. The molecular weight excluding hydrogens is 525 g/mol. The fourth-order valence-corrected chi connectivity index (χ4v) is 4.67. The molecule has 7 nitrogen and oxygen atoms in total. The van der Waals surface area contributed by atoms with Crippen molar-refractivity contribution >= 4 is 51.9 Å². The van der Waals surface area contributed by atoms with Crippen molar-refractivity contribution in [3.63, 3.8) is 0 Å². The number of thioether (sulfide) groups is 1. The van der Waals surface area contributed by atoms with Crippen LogP contribution >= 0.6 is 34.4 Å². The Hall–Kier alpha value is -2.40. The third-order valence-corrected chi connectivity index (χ3v) is 6.38. The lowest BCUT2D eigenvalue weighted by molar-refractivity contribution is -0.113. The van der Waals surface area contributed by atoms with Gasteiger partial charge in [0.05, 0.1) is 12.3 Å². The maximum atomic E-state index is 12.4. The molecule has 2 aromatic carbocycles. The van der Waals surface area contributed by atoms with Crippen molar-refractivity contribution in [1.29, 1.82) is 0 Å². The van der Waals surface area contributed by atoms with Crippen LogP contribution in [0.4, 0.5) is 5.69 Å². The number of aromatic nitrogens is 3. The number of nitrogens with zero attached hydrogens (tertiary/aromatic N) is 3. The number of amides is 2. The smallest absolute Gasteiger partial charge is 0.251 e. The Balaban J connectivity index is 1.55. The minimum absolute atomic E-state index is 0.102. The van der Waals surface area contributed by atoms with Gasteiger partial charge in [0.2, 0.25) is 5.91 Å². The van der Waals surface area contributed by atoms with Gasteiger partial charge >= 0.3 is 0 Å². The van der Waals surface area contributed by atoms with Gasteiger partial charge in [0.25, 0.3) is 5.91 Å². The van der Waals surface area contributed by atoms with Gasteiger partial charge in [-0.2, -0.15) is 0 Å². The third-order valence-electron chi connectivity index (χ3n) is 4.74. The van der Waals surface area contributed by atoms with E-state index in [0.717, 1.165) is 25.9 Å². The molecule has 1 aromatic heterocycles. The Kier molecular flexibility index (Phi) is 7.71. The Morgan fingerprint density at radius 1 is 1.06 bits per heavy atom. The lowest BCUT2D eigenvalue weighted by atomic mass is 10.1. The van der Waals surface area contributed by atoms with Crippen LogP contribution in [-0.4, -0.2) is 32.3 Å². The predicted octanol–water partition coefficient (Wildman–Crippen LogP) is 4.01. The summed E-state index contributed by atoms with van der Waals surface area (Å²) in [5.74, 6) is 0.564. The normalized spacial score (nSPS) is 10.7. The first-order valence-corrected chi connectivity index (χ1v) is 11.7. The van der Waals surface area contributed by atoms with E-state index in [1.165, 1.54) is 11.8 Å². The largest absolute Gasteiger partial charge is 0.345 e. The van der Waals surface area contributed by atoms with Crippen molar-refractivity contribution in [3.8, 4) is 0 Å². The lowest BCUT2D eigenvalue weighted by Gasteiger charge is -2.12. The van der Waals surface area contributed by atoms with Crippen LogP contribution in [0.3, 0.4) is 0 Å². The molecule has 31 heavy (non-hydrogen) atoms. The van der Waals surface area contributed by atoms with Gasteiger partial charge in [0.1, 0.15) is 0 Å². The number of nitrogens with one attached hydrogen (secondary N) is 2.